The third-order valence-corrected chi connectivity index (χ3v) is 4.08. The van der Waals surface area contributed by atoms with Crippen molar-refractivity contribution in [3.8, 4) is 16.2 Å². The van der Waals surface area contributed by atoms with E-state index in [0.717, 1.165) is 21.8 Å². The van der Waals surface area contributed by atoms with Gasteiger partial charge in [-0.3, -0.25) is 4.79 Å². The van der Waals surface area contributed by atoms with Crippen molar-refractivity contribution in [1.82, 2.24) is 0 Å². The first-order chi connectivity index (χ1) is 8.15. The van der Waals surface area contributed by atoms with Crippen molar-refractivity contribution in [2.75, 3.05) is 0 Å². The summed E-state index contributed by atoms with van der Waals surface area (Å²) in [5, 5.41) is 0.638. The average molecular weight is 266 g/mol. The van der Waals surface area contributed by atoms with Gasteiger partial charge in [-0.15, -0.1) is 11.3 Å². The minimum atomic E-state index is -0.403. The highest BCUT2D eigenvalue weighted by Crippen LogP contribution is 2.43. The maximum Gasteiger partial charge on any atom is 0.258 e. The van der Waals surface area contributed by atoms with Gasteiger partial charge in [0.25, 0.3) is 5.91 Å². The molecule has 1 aromatic heterocycles. The topological polar surface area (TPSA) is 52.3 Å². The van der Waals surface area contributed by atoms with Gasteiger partial charge in [0.05, 0.1) is 4.88 Å². The van der Waals surface area contributed by atoms with Gasteiger partial charge in [-0.1, -0.05) is 11.6 Å². The van der Waals surface area contributed by atoms with Gasteiger partial charge in [-0.2, -0.15) is 0 Å². The largest absolute Gasteiger partial charge is 0.488 e. The van der Waals surface area contributed by atoms with Crippen LogP contribution >= 0.6 is 22.9 Å². The summed E-state index contributed by atoms with van der Waals surface area (Å²) < 4.78 is 5.59. The summed E-state index contributed by atoms with van der Waals surface area (Å²) in [5.74, 6) is 0.350. The van der Waals surface area contributed by atoms with Crippen LogP contribution in [0.15, 0.2) is 24.3 Å². The van der Waals surface area contributed by atoms with E-state index in [1.54, 1.807) is 12.1 Å². The highest BCUT2D eigenvalue weighted by molar-refractivity contribution is 7.17. The molecule has 1 aliphatic heterocycles. The standard InChI is InChI=1S/C12H8ClNO2S/c13-7-1-2-8-9(4-7)16-5-6-3-10(12(14)15)17-11(6)8/h1-4H,5H2,(H2,14,15). The Morgan fingerprint density at radius 3 is 3.00 bits per heavy atom. The van der Waals surface area contributed by atoms with Crippen LogP contribution in [-0.2, 0) is 6.61 Å². The molecule has 1 amide bonds. The normalized spacial score (nSPS) is 12.5. The first-order valence-corrected chi connectivity index (χ1v) is 6.20. The fraction of sp³-hybridized carbons (Fsp3) is 0.0833. The van der Waals surface area contributed by atoms with E-state index < -0.39 is 5.91 Å². The molecule has 0 unspecified atom stereocenters. The number of carbonyl (C=O) groups excluding carboxylic acids is 1. The zero-order chi connectivity index (χ0) is 12.0. The zero-order valence-corrected chi connectivity index (χ0v) is 10.3. The first kappa shape index (κ1) is 10.6. The number of primary amides is 1. The summed E-state index contributed by atoms with van der Waals surface area (Å²) in [6, 6.07) is 7.28. The molecular formula is C12H8ClNO2S. The second kappa shape index (κ2) is 3.75. The molecule has 0 fully saturated rings. The van der Waals surface area contributed by atoms with Crippen molar-refractivity contribution in [2.45, 2.75) is 6.61 Å². The molecule has 0 spiro atoms. The van der Waals surface area contributed by atoms with Gasteiger partial charge in [0.2, 0.25) is 0 Å². The predicted octanol–water partition coefficient (Wildman–Crippen LogP) is 3.06. The molecule has 17 heavy (non-hydrogen) atoms. The van der Waals surface area contributed by atoms with Crippen LogP contribution in [0.1, 0.15) is 15.2 Å². The lowest BCUT2D eigenvalue weighted by Crippen LogP contribution is -2.08. The van der Waals surface area contributed by atoms with Gasteiger partial charge < -0.3 is 10.5 Å². The lowest BCUT2D eigenvalue weighted by molar-refractivity contribution is 0.100. The maximum atomic E-state index is 11.2. The van der Waals surface area contributed by atoms with Crippen LogP contribution in [0, 0.1) is 0 Å². The Kier molecular flexibility index (Phi) is 2.34. The number of hydrogen-bond acceptors (Lipinski definition) is 3. The summed E-state index contributed by atoms with van der Waals surface area (Å²) >= 11 is 7.30. The minimum Gasteiger partial charge on any atom is -0.488 e. The molecule has 86 valence electrons. The number of rotatable bonds is 1. The number of amides is 1. The smallest absolute Gasteiger partial charge is 0.258 e. The van der Waals surface area contributed by atoms with Crippen LogP contribution in [0.2, 0.25) is 5.02 Å². The minimum absolute atomic E-state index is 0.403. The first-order valence-electron chi connectivity index (χ1n) is 5.00. The van der Waals surface area contributed by atoms with Crippen LogP contribution in [0.3, 0.4) is 0 Å². The highest BCUT2D eigenvalue weighted by Gasteiger charge is 2.21. The SMILES string of the molecule is NC(=O)c1cc2c(s1)-c1ccc(Cl)cc1OC2. The van der Waals surface area contributed by atoms with E-state index in [0.29, 0.717) is 16.5 Å². The third kappa shape index (κ3) is 1.69. The fourth-order valence-electron chi connectivity index (χ4n) is 1.84. The molecule has 0 radical (unpaired) electrons. The Bertz CT molecular complexity index is 621. The van der Waals surface area contributed by atoms with Crippen LogP contribution in [0.5, 0.6) is 5.75 Å². The second-order valence-corrected chi connectivity index (χ2v) is 5.25. The van der Waals surface area contributed by atoms with Crippen LogP contribution in [0.25, 0.3) is 10.4 Å². The number of halogens is 1. The Hall–Kier alpha value is -1.52. The van der Waals surface area contributed by atoms with E-state index in [2.05, 4.69) is 0 Å². The lowest BCUT2D eigenvalue weighted by Gasteiger charge is -2.17. The average Bonchev–Trinajstić information content (AvgIpc) is 2.72. The van der Waals surface area contributed by atoms with E-state index in [9.17, 15) is 4.79 Å². The number of thiophene rings is 1. The Morgan fingerprint density at radius 1 is 1.41 bits per heavy atom. The van der Waals surface area contributed by atoms with Crippen molar-refractivity contribution in [1.29, 1.82) is 0 Å². The van der Waals surface area contributed by atoms with Crippen LogP contribution in [0.4, 0.5) is 0 Å². The van der Waals surface area contributed by atoms with Gasteiger partial charge in [-0.25, -0.2) is 0 Å². The van der Waals surface area contributed by atoms with E-state index in [4.69, 9.17) is 22.1 Å². The Balaban J connectivity index is 2.19. The predicted molar refractivity (Wildman–Crippen MR) is 67.6 cm³/mol. The Morgan fingerprint density at radius 2 is 2.24 bits per heavy atom. The Labute approximate surface area is 107 Å². The van der Waals surface area contributed by atoms with Gasteiger partial charge in [0.1, 0.15) is 12.4 Å². The number of benzene rings is 1. The zero-order valence-electron chi connectivity index (χ0n) is 8.70. The van der Waals surface area contributed by atoms with Gasteiger partial charge >= 0.3 is 0 Å². The molecule has 2 N–H and O–H groups in total. The lowest BCUT2D eigenvalue weighted by atomic mass is 10.1. The molecule has 2 heterocycles. The number of hydrogen-bond donors (Lipinski definition) is 1. The molecule has 3 nitrogen and oxygen atoms in total. The van der Waals surface area contributed by atoms with Crippen molar-refractivity contribution in [3.63, 3.8) is 0 Å². The van der Waals surface area contributed by atoms with E-state index >= 15 is 0 Å². The number of nitrogens with two attached hydrogens (primary N) is 1. The van der Waals surface area contributed by atoms with Gasteiger partial charge in [-0.05, 0) is 24.3 Å². The summed E-state index contributed by atoms with van der Waals surface area (Å²) in [6.45, 7) is 0.451. The van der Waals surface area contributed by atoms with Gasteiger partial charge in [0, 0.05) is 21.0 Å². The summed E-state index contributed by atoms with van der Waals surface area (Å²) in [7, 11) is 0. The summed E-state index contributed by atoms with van der Waals surface area (Å²) in [5.41, 5.74) is 7.24. The van der Waals surface area contributed by atoms with Gasteiger partial charge in [0.15, 0.2) is 0 Å². The molecule has 3 rings (SSSR count). The van der Waals surface area contributed by atoms with E-state index in [1.807, 2.05) is 12.1 Å². The molecule has 1 aliphatic rings. The molecule has 0 aliphatic carbocycles. The number of fused-ring (bicyclic) bond motifs is 3. The fourth-order valence-corrected chi connectivity index (χ4v) is 3.06. The number of ether oxygens (including phenoxy) is 1. The van der Waals surface area contributed by atoms with E-state index in [-0.39, 0.29) is 0 Å². The van der Waals surface area contributed by atoms with Crippen LogP contribution < -0.4 is 10.5 Å². The third-order valence-electron chi connectivity index (χ3n) is 2.62. The highest BCUT2D eigenvalue weighted by atomic mass is 35.5. The maximum absolute atomic E-state index is 11.2. The molecular weight excluding hydrogens is 258 g/mol. The van der Waals surface area contributed by atoms with Crippen LogP contribution in [-0.4, -0.2) is 5.91 Å². The van der Waals surface area contributed by atoms with Crippen molar-refractivity contribution < 1.29 is 9.53 Å². The molecule has 0 saturated carbocycles. The molecule has 2 aromatic rings. The summed E-state index contributed by atoms with van der Waals surface area (Å²) in [6.07, 6.45) is 0. The second-order valence-electron chi connectivity index (χ2n) is 3.76. The van der Waals surface area contributed by atoms with Crippen molar-refractivity contribution in [3.05, 3.63) is 39.7 Å². The number of carbonyl (C=O) groups is 1. The monoisotopic (exact) mass is 265 g/mol. The molecule has 0 atom stereocenters. The van der Waals surface area contributed by atoms with E-state index in [1.165, 1.54) is 11.3 Å². The molecule has 1 aromatic carbocycles. The molecule has 5 heteroatoms. The quantitative estimate of drug-likeness (QED) is 0.862. The molecule has 0 bridgehead atoms. The van der Waals surface area contributed by atoms with Crippen molar-refractivity contribution in [2.24, 2.45) is 5.73 Å². The summed E-state index contributed by atoms with van der Waals surface area (Å²) in [4.78, 5) is 12.8. The van der Waals surface area contributed by atoms with Crippen molar-refractivity contribution >= 4 is 28.8 Å². The molecule has 0 saturated heterocycles.